The zero-order chi connectivity index (χ0) is 26.4. The molecule has 2 aliphatic rings. The van der Waals surface area contributed by atoms with E-state index in [2.05, 4.69) is 5.32 Å². The number of hydrogen-bond acceptors (Lipinski definition) is 8. The molecule has 4 amide bonds. The number of anilines is 1. The maximum atomic E-state index is 12.8. The average molecular weight is 546 g/mol. The van der Waals surface area contributed by atoms with E-state index in [0.717, 1.165) is 16.7 Å². The summed E-state index contributed by atoms with van der Waals surface area (Å²) in [5.41, 5.74) is 1.07. The lowest BCUT2D eigenvalue weighted by molar-refractivity contribution is -0.137. The Balaban J connectivity index is 1.31. The smallest absolute Gasteiger partial charge is 0.294 e. The van der Waals surface area contributed by atoms with Crippen molar-refractivity contribution in [1.82, 2.24) is 9.80 Å². The molecule has 0 aromatic heterocycles. The van der Waals surface area contributed by atoms with E-state index in [1.165, 1.54) is 13.2 Å². The lowest BCUT2D eigenvalue weighted by Gasteiger charge is -2.26. The number of amides is 4. The summed E-state index contributed by atoms with van der Waals surface area (Å²) in [5.74, 6) is -0.258. The zero-order valence-corrected chi connectivity index (χ0v) is 21.5. The van der Waals surface area contributed by atoms with Crippen molar-refractivity contribution in [2.24, 2.45) is 0 Å². The van der Waals surface area contributed by atoms with Gasteiger partial charge >= 0.3 is 0 Å². The molecule has 10 nitrogen and oxygen atoms in total. The summed E-state index contributed by atoms with van der Waals surface area (Å²) in [5, 5.41) is 2.39. The number of thioether (sulfide) groups is 1. The minimum Gasteiger partial charge on any atom is -0.495 e. The Labute approximate surface area is 222 Å². The van der Waals surface area contributed by atoms with Crippen molar-refractivity contribution >= 4 is 58.1 Å². The van der Waals surface area contributed by atoms with Crippen LogP contribution in [-0.4, -0.2) is 79.3 Å². The molecule has 12 heteroatoms. The normalized spacial score (nSPS) is 16.8. The molecule has 2 aliphatic heterocycles. The van der Waals surface area contributed by atoms with Crippen molar-refractivity contribution in [2.45, 2.75) is 0 Å². The molecule has 1 N–H and O–H groups in total. The highest BCUT2D eigenvalue weighted by atomic mass is 35.5. The fourth-order valence-corrected chi connectivity index (χ4v) is 4.68. The number of rotatable bonds is 8. The monoisotopic (exact) mass is 545 g/mol. The molecular weight excluding hydrogens is 522 g/mol. The highest BCUT2D eigenvalue weighted by molar-refractivity contribution is 8.18. The van der Waals surface area contributed by atoms with E-state index >= 15 is 0 Å². The maximum Gasteiger partial charge on any atom is 0.294 e. The van der Waals surface area contributed by atoms with E-state index in [4.69, 9.17) is 25.8 Å². The maximum absolute atomic E-state index is 12.8. The Morgan fingerprint density at radius 3 is 2.54 bits per heavy atom. The fraction of sp³-hybridized carbons (Fsp3) is 0.280. The Morgan fingerprint density at radius 1 is 1.14 bits per heavy atom. The molecule has 194 valence electrons. The van der Waals surface area contributed by atoms with Crippen LogP contribution in [0.2, 0.25) is 5.02 Å². The van der Waals surface area contributed by atoms with Gasteiger partial charge in [-0.1, -0.05) is 23.7 Å². The van der Waals surface area contributed by atoms with Crippen LogP contribution in [0, 0.1) is 0 Å². The van der Waals surface area contributed by atoms with Crippen LogP contribution in [0.4, 0.5) is 10.5 Å². The number of hydrogen-bond donors (Lipinski definition) is 1. The van der Waals surface area contributed by atoms with Crippen LogP contribution in [0.3, 0.4) is 0 Å². The van der Waals surface area contributed by atoms with Crippen LogP contribution in [0.1, 0.15) is 5.56 Å². The molecular formula is C25H24ClN3O7S. The first-order valence-electron chi connectivity index (χ1n) is 11.3. The molecule has 2 aromatic rings. The van der Waals surface area contributed by atoms with E-state index < -0.39 is 23.6 Å². The molecule has 2 saturated heterocycles. The molecule has 0 atom stereocenters. The first-order valence-corrected chi connectivity index (χ1v) is 12.5. The van der Waals surface area contributed by atoms with Crippen LogP contribution >= 0.6 is 23.4 Å². The van der Waals surface area contributed by atoms with E-state index in [0.29, 0.717) is 54.1 Å². The Morgan fingerprint density at radius 2 is 1.86 bits per heavy atom. The van der Waals surface area contributed by atoms with Gasteiger partial charge in [0.25, 0.3) is 17.1 Å². The quantitative estimate of drug-likeness (QED) is 0.503. The van der Waals surface area contributed by atoms with Gasteiger partial charge in [-0.3, -0.25) is 24.1 Å². The van der Waals surface area contributed by atoms with Gasteiger partial charge in [-0.25, -0.2) is 0 Å². The fourth-order valence-electron chi connectivity index (χ4n) is 3.59. The van der Waals surface area contributed by atoms with Crippen LogP contribution in [0.25, 0.3) is 6.08 Å². The number of morpholine rings is 1. The number of methoxy groups -OCH3 is 1. The minimum absolute atomic E-state index is 0.0803. The predicted octanol–water partition coefficient (Wildman–Crippen LogP) is 3.26. The molecule has 4 rings (SSSR count). The number of benzene rings is 2. The van der Waals surface area contributed by atoms with Gasteiger partial charge in [0, 0.05) is 18.8 Å². The van der Waals surface area contributed by atoms with Gasteiger partial charge in [-0.05, 0) is 53.7 Å². The summed E-state index contributed by atoms with van der Waals surface area (Å²) in [4.78, 5) is 52.6. The van der Waals surface area contributed by atoms with Crippen LogP contribution < -0.4 is 14.8 Å². The molecule has 2 aromatic carbocycles. The highest BCUT2D eigenvalue weighted by Crippen LogP contribution is 2.32. The molecule has 0 unspecified atom stereocenters. The second-order valence-electron chi connectivity index (χ2n) is 8.02. The largest absolute Gasteiger partial charge is 0.495 e. The van der Waals surface area contributed by atoms with E-state index in [-0.39, 0.29) is 17.4 Å². The minimum atomic E-state index is -0.561. The molecule has 2 fully saturated rings. The number of ether oxygens (including phenoxy) is 3. The first-order chi connectivity index (χ1) is 17.8. The van der Waals surface area contributed by atoms with Gasteiger partial charge in [-0.2, -0.15) is 0 Å². The topological polar surface area (TPSA) is 114 Å². The van der Waals surface area contributed by atoms with Crippen molar-refractivity contribution in [3.05, 3.63) is 58.0 Å². The first kappa shape index (κ1) is 26.5. The summed E-state index contributed by atoms with van der Waals surface area (Å²) in [6.07, 6.45) is 1.56. The standard InChI is InChI=1S/C25H24ClN3O7S/c1-34-20-7-4-17(13-19(20)26)27-22(30)14-29-24(32)21(37-25(29)33)12-16-2-5-18(6-3-16)36-15-23(31)28-8-10-35-11-9-28/h2-7,12-13H,8-11,14-15H2,1H3,(H,27,30)/b21-12+. The SMILES string of the molecule is COc1ccc(NC(=O)CN2C(=O)S/C(=C/c3ccc(OCC(=O)N4CCOCC4)cc3)C2=O)cc1Cl. The Hall–Kier alpha value is -3.54. The number of imide groups is 1. The van der Waals surface area contributed by atoms with Crippen molar-refractivity contribution in [3.8, 4) is 11.5 Å². The summed E-state index contributed by atoms with van der Waals surface area (Å²) < 4.78 is 15.9. The third-order valence-electron chi connectivity index (χ3n) is 5.51. The number of carbonyl (C=O) groups excluding carboxylic acids is 4. The molecule has 0 radical (unpaired) electrons. The third-order valence-corrected chi connectivity index (χ3v) is 6.72. The second-order valence-corrected chi connectivity index (χ2v) is 9.42. The highest BCUT2D eigenvalue weighted by Gasteiger charge is 2.36. The lowest BCUT2D eigenvalue weighted by Crippen LogP contribution is -2.42. The molecule has 0 saturated carbocycles. The van der Waals surface area contributed by atoms with Crippen molar-refractivity contribution in [2.75, 3.05) is 51.9 Å². The summed E-state index contributed by atoms with van der Waals surface area (Å²) in [6, 6.07) is 11.5. The lowest BCUT2D eigenvalue weighted by atomic mass is 10.2. The van der Waals surface area contributed by atoms with Crippen LogP contribution in [0.5, 0.6) is 11.5 Å². The molecule has 0 spiro atoms. The number of nitrogens with one attached hydrogen (secondary N) is 1. The van der Waals surface area contributed by atoms with E-state index in [1.807, 2.05) is 0 Å². The summed E-state index contributed by atoms with van der Waals surface area (Å²) in [7, 11) is 1.48. The van der Waals surface area contributed by atoms with Gasteiger partial charge in [0.15, 0.2) is 6.61 Å². The van der Waals surface area contributed by atoms with Crippen molar-refractivity contribution in [3.63, 3.8) is 0 Å². The number of carbonyl (C=O) groups is 4. The second kappa shape index (κ2) is 12.1. The molecule has 0 bridgehead atoms. The van der Waals surface area contributed by atoms with Crippen molar-refractivity contribution < 1.29 is 33.4 Å². The molecule has 2 heterocycles. The number of halogens is 1. The average Bonchev–Trinajstić information content (AvgIpc) is 3.16. The Kier molecular flexibility index (Phi) is 8.70. The van der Waals surface area contributed by atoms with Gasteiger partial charge in [0.1, 0.15) is 18.0 Å². The van der Waals surface area contributed by atoms with Gasteiger partial charge in [0.2, 0.25) is 5.91 Å². The molecule has 0 aliphatic carbocycles. The Bertz CT molecular complexity index is 1230. The zero-order valence-electron chi connectivity index (χ0n) is 19.9. The van der Waals surface area contributed by atoms with E-state index in [9.17, 15) is 19.2 Å². The number of nitrogens with zero attached hydrogens (tertiary/aromatic N) is 2. The third kappa shape index (κ3) is 6.82. The summed E-state index contributed by atoms with van der Waals surface area (Å²) in [6.45, 7) is 1.63. The van der Waals surface area contributed by atoms with Crippen LogP contribution in [-0.2, 0) is 19.1 Å². The van der Waals surface area contributed by atoms with Gasteiger partial charge in [-0.15, -0.1) is 0 Å². The van der Waals surface area contributed by atoms with E-state index in [1.54, 1.807) is 47.4 Å². The molecule has 37 heavy (non-hydrogen) atoms. The van der Waals surface area contributed by atoms with Crippen molar-refractivity contribution in [1.29, 1.82) is 0 Å². The van der Waals surface area contributed by atoms with Gasteiger partial charge < -0.3 is 24.4 Å². The summed E-state index contributed by atoms with van der Waals surface area (Å²) >= 11 is 6.82. The predicted molar refractivity (Wildman–Crippen MR) is 139 cm³/mol. The van der Waals surface area contributed by atoms with Crippen LogP contribution in [0.15, 0.2) is 47.4 Å². The van der Waals surface area contributed by atoms with Gasteiger partial charge in [0.05, 0.1) is 30.3 Å².